The third kappa shape index (κ3) is 2.65. The summed E-state index contributed by atoms with van der Waals surface area (Å²) in [6, 6.07) is 8.84. The van der Waals surface area contributed by atoms with E-state index in [1.807, 2.05) is 19.1 Å². The molecule has 0 heterocycles. The molecule has 18 heavy (non-hydrogen) atoms. The van der Waals surface area contributed by atoms with E-state index in [4.69, 9.17) is 10.5 Å². The van der Waals surface area contributed by atoms with Crippen LogP contribution in [0.5, 0.6) is 11.5 Å². The highest BCUT2D eigenvalue weighted by atomic mass is 19.2. The molecule has 0 aliphatic rings. The fourth-order valence-corrected chi connectivity index (χ4v) is 1.64. The fraction of sp³-hybridized carbons (Fsp3) is 0.143. The fourth-order valence-electron chi connectivity index (χ4n) is 1.64. The average molecular weight is 249 g/mol. The van der Waals surface area contributed by atoms with Gasteiger partial charge in [-0.25, -0.2) is 8.78 Å². The first-order chi connectivity index (χ1) is 8.60. The Morgan fingerprint density at radius 3 is 2.28 bits per heavy atom. The highest BCUT2D eigenvalue weighted by Gasteiger charge is 2.05. The van der Waals surface area contributed by atoms with Crippen LogP contribution >= 0.6 is 0 Å². The summed E-state index contributed by atoms with van der Waals surface area (Å²) in [5.74, 6) is -0.996. The highest BCUT2D eigenvalue weighted by Crippen LogP contribution is 2.25. The zero-order valence-electron chi connectivity index (χ0n) is 9.91. The van der Waals surface area contributed by atoms with Crippen molar-refractivity contribution in [2.45, 2.75) is 13.5 Å². The van der Waals surface area contributed by atoms with Gasteiger partial charge in [-0.2, -0.15) is 0 Å². The minimum Gasteiger partial charge on any atom is -0.457 e. The number of hydrogen-bond acceptors (Lipinski definition) is 2. The monoisotopic (exact) mass is 249 g/mol. The second kappa shape index (κ2) is 5.14. The van der Waals surface area contributed by atoms with Gasteiger partial charge in [-0.05, 0) is 42.3 Å². The molecule has 0 aliphatic carbocycles. The number of halogens is 2. The Balaban J connectivity index is 2.23. The van der Waals surface area contributed by atoms with Crippen molar-refractivity contribution in [1.82, 2.24) is 0 Å². The van der Waals surface area contributed by atoms with Crippen molar-refractivity contribution in [2.75, 3.05) is 0 Å². The lowest BCUT2D eigenvalue weighted by atomic mass is 10.1. The molecule has 2 aromatic rings. The molecule has 0 aromatic heterocycles. The molecule has 0 radical (unpaired) electrons. The quantitative estimate of drug-likeness (QED) is 0.903. The highest BCUT2D eigenvalue weighted by molar-refractivity contribution is 5.38. The lowest BCUT2D eigenvalue weighted by molar-refractivity contribution is 0.461. The normalized spacial score (nSPS) is 10.4. The van der Waals surface area contributed by atoms with Gasteiger partial charge in [-0.1, -0.05) is 6.07 Å². The topological polar surface area (TPSA) is 35.2 Å². The molecule has 0 saturated carbocycles. The molecule has 0 amide bonds. The van der Waals surface area contributed by atoms with E-state index >= 15 is 0 Å². The summed E-state index contributed by atoms with van der Waals surface area (Å²) >= 11 is 0. The first-order valence-corrected chi connectivity index (χ1v) is 5.52. The number of nitrogens with two attached hydrogens (primary N) is 1. The van der Waals surface area contributed by atoms with Gasteiger partial charge in [0.1, 0.15) is 11.5 Å². The smallest absolute Gasteiger partial charge is 0.162 e. The minimum atomic E-state index is -0.928. The van der Waals surface area contributed by atoms with Crippen molar-refractivity contribution >= 4 is 0 Å². The zero-order chi connectivity index (χ0) is 13.1. The Labute approximate surface area is 104 Å². The van der Waals surface area contributed by atoms with Crippen molar-refractivity contribution in [3.63, 3.8) is 0 Å². The molecular weight excluding hydrogens is 236 g/mol. The number of aryl methyl sites for hydroxylation is 1. The molecule has 4 heteroatoms. The predicted octanol–water partition coefficient (Wildman–Crippen LogP) is 3.52. The first kappa shape index (κ1) is 12.5. The number of benzene rings is 2. The Hall–Kier alpha value is -1.94. The van der Waals surface area contributed by atoms with Crippen LogP contribution in [0.2, 0.25) is 0 Å². The van der Waals surface area contributed by atoms with Gasteiger partial charge in [-0.3, -0.25) is 0 Å². The number of hydrogen-bond donors (Lipinski definition) is 1. The summed E-state index contributed by atoms with van der Waals surface area (Å²) in [6.07, 6.45) is 0. The van der Waals surface area contributed by atoms with Crippen molar-refractivity contribution in [3.8, 4) is 11.5 Å². The van der Waals surface area contributed by atoms with Crippen LogP contribution in [-0.2, 0) is 6.54 Å². The van der Waals surface area contributed by atoms with Crippen molar-refractivity contribution in [2.24, 2.45) is 5.73 Å². The van der Waals surface area contributed by atoms with Gasteiger partial charge < -0.3 is 10.5 Å². The maximum atomic E-state index is 13.0. The third-order valence-electron chi connectivity index (χ3n) is 2.66. The lowest BCUT2D eigenvalue weighted by Gasteiger charge is -2.09. The van der Waals surface area contributed by atoms with Crippen LogP contribution < -0.4 is 10.5 Å². The van der Waals surface area contributed by atoms with E-state index in [-0.39, 0.29) is 5.75 Å². The van der Waals surface area contributed by atoms with E-state index in [9.17, 15) is 8.78 Å². The second-order valence-electron chi connectivity index (χ2n) is 3.97. The van der Waals surface area contributed by atoms with Crippen LogP contribution in [-0.4, -0.2) is 0 Å². The third-order valence-corrected chi connectivity index (χ3v) is 2.66. The van der Waals surface area contributed by atoms with Gasteiger partial charge in [0.25, 0.3) is 0 Å². The summed E-state index contributed by atoms with van der Waals surface area (Å²) < 4.78 is 31.2. The predicted molar refractivity (Wildman–Crippen MR) is 65.5 cm³/mol. The van der Waals surface area contributed by atoms with Gasteiger partial charge in [0.2, 0.25) is 0 Å². The van der Waals surface area contributed by atoms with Crippen LogP contribution in [0.3, 0.4) is 0 Å². The molecule has 0 saturated heterocycles. The molecule has 2 rings (SSSR count). The standard InChI is InChI=1S/C14H13F2NO/c1-9-6-11(3-2-10(9)8-17)18-12-4-5-13(15)14(16)7-12/h2-7H,8,17H2,1H3. The van der Waals surface area contributed by atoms with Gasteiger partial charge in [0.15, 0.2) is 11.6 Å². The largest absolute Gasteiger partial charge is 0.457 e. The molecule has 0 aliphatic heterocycles. The van der Waals surface area contributed by atoms with Crippen molar-refractivity contribution in [1.29, 1.82) is 0 Å². The van der Waals surface area contributed by atoms with Gasteiger partial charge in [0, 0.05) is 12.6 Å². The number of ether oxygens (including phenoxy) is 1. The van der Waals surface area contributed by atoms with Crippen LogP contribution in [0.25, 0.3) is 0 Å². The molecular formula is C14H13F2NO. The molecule has 2 N–H and O–H groups in total. The Morgan fingerprint density at radius 1 is 1.00 bits per heavy atom. The van der Waals surface area contributed by atoms with E-state index in [0.29, 0.717) is 12.3 Å². The van der Waals surface area contributed by atoms with Crippen LogP contribution in [0.15, 0.2) is 36.4 Å². The Bertz CT molecular complexity index is 570. The van der Waals surface area contributed by atoms with E-state index in [1.165, 1.54) is 6.07 Å². The zero-order valence-corrected chi connectivity index (χ0v) is 9.91. The maximum absolute atomic E-state index is 13.0. The maximum Gasteiger partial charge on any atom is 0.162 e. The van der Waals surface area contributed by atoms with Crippen LogP contribution in [0.1, 0.15) is 11.1 Å². The van der Waals surface area contributed by atoms with E-state index in [1.54, 1.807) is 6.07 Å². The van der Waals surface area contributed by atoms with Gasteiger partial charge in [-0.15, -0.1) is 0 Å². The summed E-state index contributed by atoms with van der Waals surface area (Å²) in [5.41, 5.74) is 7.58. The summed E-state index contributed by atoms with van der Waals surface area (Å²) in [4.78, 5) is 0. The Morgan fingerprint density at radius 2 is 1.67 bits per heavy atom. The SMILES string of the molecule is Cc1cc(Oc2ccc(F)c(F)c2)ccc1CN. The first-order valence-electron chi connectivity index (χ1n) is 5.52. The van der Waals surface area contributed by atoms with Gasteiger partial charge in [0.05, 0.1) is 0 Å². The molecule has 0 fully saturated rings. The molecule has 0 atom stereocenters. The summed E-state index contributed by atoms with van der Waals surface area (Å²) in [5, 5.41) is 0. The van der Waals surface area contributed by atoms with Crippen molar-refractivity contribution < 1.29 is 13.5 Å². The number of rotatable bonds is 3. The van der Waals surface area contributed by atoms with Crippen molar-refractivity contribution in [3.05, 3.63) is 59.2 Å². The van der Waals surface area contributed by atoms with Crippen LogP contribution in [0, 0.1) is 18.6 Å². The van der Waals surface area contributed by atoms with E-state index in [2.05, 4.69) is 0 Å². The Kier molecular flexibility index (Phi) is 3.58. The minimum absolute atomic E-state index is 0.258. The molecule has 94 valence electrons. The van der Waals surface area contributed by atoms with Gasteiger partial charge >= 0.3 is 0 Å². The lowest BCUT2D eigenvalue weighted by Crippen LogP contribution is -1.99. The van der Waals surface area contributed by atoms with E-state index < -0.39 is 11.6 Å². The van der Waals surface area contributed by atoms with E-state index in [0.717, 1.165) is 23.3 Å². The van der Waals surface area contributed by atoms with Crippen LogP contribution in [0.4, 0.5) is 8.78 Å². The summed E-state index contributed by atoms with van der Waals surface area (Å²) in [6.45, 7) is 2.37. The average Bonchev–Trinajstić information content (AvgIpc) is 2.34. The summed E-state index contributed by atoms with van der Waals surface area (Å²) in [7, 11) is 0. The molecule has 2 nitrogen and oxygen atoms in total. The molecule has 2 aromatic carbocycles. The second-order valence-corrected chi connectivity index (χ2v) is 3.97. The molecule has 0 unspecified atom stereocenters. The molecule has 0 bridgehead atoms. The molecule has 0 spiro atoms.